The monoisotopic (exact) mass is 568 g/mol. The molecular weight excluding hydrogens is 545 g/mol. The molecule has 0 bridgehead atoms. The van der Waals surface area contributed by atoms with Crippen LogP contribution in [0.2, 0.25) is 0 Å². The second-order valence-electron chi connectivity index (χ2n) is 8.77. The van der Waals surface area contributed by atoms with Gasteiger partial charge in [0, 0.05) is 23.5 Å². The van der Waals surface area contributed by atoms with Gasteiger partial charge in [0.15, 0.2) is 0 Å². The van der Waals surface area contributed by atoms with E-state index in [-0.39, 0.29) is 34.4 Å². The Labute approximate surface area is 214 Å². The van der Waals surface area contributed by atoms with Gasteiger partial charge in [-0.15, -0.1) is 0 Å². The van der Waals surface area contributed by atoms with E-state index in [4.69, 9.17) is 17.0 Å². The van der Waals surface area contributed by atoms with Crippen LogP contribution in [0.4, 0.5) is 13.2 Å². The lowest BCUT2D eigenvalue weighted by molar-refractivity contribution is -0.137. The Kier molecular flexibility index (Phi) is 7.00. The first kappa shape index (κ1) is 25.7. The number of hydrogen-bond acceptors (Lipinski definition) is 5. The zero-order valence-electron chi connectivity index (χ0n) is 19.4. The third-order valence-electron chi connectivity index (χ3n) is 5.85. The largest absolute Gasteiger partial charge is 0.506 e. The molecule has 4 rings (SSSR count). The molecule has 35 heavy (non-hydrogen) atoms. The van der Waals surface area contributed by atoms with Crippen LogP contribution >= 0.6 is 28.1 Å². The third kappa shape index (κ3) is 4.83. The van der Waals surface area contributed by atoms with E-state index in [1.165, 1.54) is 12.1 Å². The highest BCUT2D eigenvalue weighted by Crippen LogP contribution is 2.46. The van der Waals surface area contributed by atoms with Crippen molar-refractivity contribution in [3.8, 4) is 5.75 Å². The van der Waals surface area contributed by atoms with Crippen molar-refractivity contribution in [2.45, 2.75) is 38.5 Å². The molecule has 1 aliphatic rings. The highest BCUT2D eigenvalue weighted by molar-refractivity contribution is 9.10. The number of alkyl halides is 3. The van der Waals surface area contributed by atoms with Gasteiger partial charge in [-0.25, -0.2) is 4.79 Å². The van der Waals surface area contributed by atoms with E-state index in [1.54, 1.807) is 13.0 Å². The van der Waals surface area contributed by atoms with Crippen molar-refractivity contribution in [2.75, 3.05) is 20.7 Å². The fourth-order valence-electron chi connectivity index (χ4n) is 4.29. The third-order valence-corrected chi connectivity index (χ3v) is 6.89. The summed E-state index contributed by atoms with van der Waals surface area (Å²) < 4.78 is 48.1. The van der Waals surface area contributed by atoms with Crippen LogP contribution in [0.5, 0.6) is 5.75 Å². The van der Waals surface area contributed by atoms with Crippen LogP contribution in [0.25, 0.3) is 10.9 Å². The molecule has 0 spiro atoms. The smallest absolute Gasteiger partial charge is 0.416 e. The highest BCUT2D eigenvalue weighted by atomic mass is 79.9. The van der Waals surface area contributed by atoms with E-state index in [0.29, 0.717) is 33.2 Å². The molecule has 1 N–H and O–H groups in total. The van der Waals surface area contributed by atoms with Crippen LogP contribution in [-0.4, -0.2) is 46.1 Å². The number of nitrogens with zero attached hydrogens (tertiary/aromatic N) is 2. The fourth-order valence-corrected chi connectivity index (χ4v) is 5.07. The van der Waals surface area contributed by atoms with Crippen LogP contribution in [0.1, 0.15) is 58.5 Å². The maximum absolute atomic E-state index is 13.4. The first-order chi connectivity index (χ1) is 16.5. The molecule has 1 aliphatic carbocycles. The van der Waals surface area contributed by atoms with Gasteiger partial charge in [-0.2, -0.15) is 13.2 Å². The Balaban J connectivity index is 2.08. The Morgan fingerprint density at radius 1 is 1.29 bits per heavy atom. The lowest BCUT2D eigenvalue weighted by atomic mass is 9.99. The molecule has 0 atom stereocenters. The van der Waals surface area contributed by atoms with E-state index in [2.05, 4.69) is 15.9 Å². The molecule has 1 fully saturated rings. The molecule has 2 aromatic carbocycles. The predicted octanol–water partition coefficient (Wildman–Crippen LogP) is 6.47. The second kappa shape index (κ2) is 9.55. The number of halogens is 4. The number of carbonyl (C=O) groups is 1. The molecule has 0 aliphatic heterocycles. The maximum atomic E-state index is 13.4. The van der Waals surface area contributed by atoms with E-state index in [9.17, 15) is 23.1 Å². The molecule has 0 amide bonds. The van der Waals surface area contributed by atoms with Gasteiger partial charge in [-0.1, -0.05) is 24.4 Å². The van der Waals surface area contributed by atoms with Gasteiger partial charge in [0.1, 0.15) is 5.75 Å². The number of hydrogen-bond donors (Lipinski definition) is 1. The van der Waals surface area contributed by atoms with E-state index in [0.717, 1.165) is 25.0 Å². The lowest BCUT2D eigenvalue weighted by Crippen LogP contribution is -2.16. The molecule has 1 heterocycles. The number of carbonyl (C=O) groups excluding carboxylic acids is 1. The Morgan fingerprint density at radius 3 is 2.54 bits per heavy atom. The summed E-state index contributed by atoms with van der Waals surface area (Å²) in [6.07, 6.45) is -2.86. The van der Waals surface area contributed by atoms with Gasteiger partial charge in [-0.05, 0) is 73.6 Å². The zero-order valence-corrected chi connectivity index (χ0v) is 21.8. The molecule has 3 aromatic rings. The van der Waals surface area contributed by atoms with Crippen molar-refractivity contribution < 1.29 is 27.8 Å². The van der Waals surface area contributed by atoms with Gasteiger partial charge in [0.05, 0.1) is 38.3 Å². The van der Waals surface area contributed by atoms with Crippen LogP contribution in [-0.2, 0) is 17.5 Å². The van der Waals surface area contributed by atoms with Crippen molar-refractivity contribution in [3.05, 3.63) is 62.8 Å². The first-order valence-corrected chi connectivity index (χ1v) is 12.3. The number of fused-ring (bicyclic) bond motifs is 1. The number of thiocarbonyl (C=S) groups is 1. The minimum Gasteiger partial charge on any atom is -0.506 e. The number of aromatic nitrogens is 1. The molecule has 10 heteroatoms. The molecule has 0 saturated heterocycles. The average Bonchev–Trinajstić information content (AvgIpc) is 3.57. The van der Waals surface area contributed by atoms with Gasteiger partial charge >= 0.3 is 12.1 Å². The topological polar surface area (TPSA) is 54.7 Å². The molecule has 1 saturated carbocycles. The number of esters is 1. The van der Waals surface area contributed by atoms with Crippen LogP contribution in [0.3, 0.4) is 0 Å². The number of phenols is 1. The normalized spacial score (nSPS) is 14.1. The molecule has 0 radical (unpaired) electrons. The second-order valence-corrected chi connectivity index (χ2v) is 10.0. The number of phenolic OH excluding ortho intramolecular Hbond substituents is 1. The van der Waals surface area contributed by atoms with Crippen LogP contribution in [0, 0.1) is 0 Å². The summed E-state index contributed by atoms with van der Waals surface area (Å²) in [6, 6.07) is 6.56. The summed E-state index contributed by atoms with van der Waals surface area (Å²) in [4.78, 5) is 15.3. The molecular formula is C25H24BrF3N2O3S. The van der Waals surface area contributed by atoms with Gasteiger partial charge < -0.3 is 19.3 Å². The molecule has 5 nitrogen and oxygen atoms in total. The lowest BCUT2D eigenvalue weighted by Gasteiger charge is -2.15. The first-order valence-electron chi connectivity index (χ1n) is 11.1. The van der Waals surface area contributed by atoms with Crippen LogP contribution < -0.4 is 0 Å². The summed E-state index contributed by atoms with van der Waals surface area (Å²) in [5.41, 5.74) is 1.04. The predicted molar refractivity (Wildman–Crippen MR) is 135 cm³/mol. The van der Waals surface area contributed by atoms with Crippen molar-refractivity contribution in [2.24, 2.45) is 0 Å². The summed E-state index contributed by atoms with van der Waals surface area (Å²) in [6.45, 7) is 2.10. The van der Waals surface area contributed by atoms with E-state index < -0.39 is 17.7 Å². The molecule has 1 aromatic heterocycles. The van der Waals surface area contributed by atoms with E-state index >= 15 is 0 Å². The maximum Gasteiger partial charge on any atom is 0.416 e. The summed E-state index contributed by atoms with van der Waals surface area (Å²) in [5.74, 6) is -0.649. The molecule has 0 unspecified atom stereocenters. The fraction of sp³-hybridized carbons (Fsp3) is 0.360. The zero-order chi connectivity index (χ0) is 25.7. The minimum absolute atomic E-state index is 0.0127. The van der Waals surface area contributed by atoms with E-state index in [1.807, 2.05) is 23.6 Å². The summed E-state index contributed by atoms with van der Waals surface area (Å²) in [5, 5.41) is 11.4. The van der Waals surface area contributed by atoms with Crippen molar-refractivity contribution in [1.82, 2.24) is 9.47 Å². The minimum atomic E-state index is -4.53. The van der Waals surface area contributed by atoms with Crippen molar-refractivity contribution >= 4 is 49.9 Å². The number of rotatable bonds is 7. The van der Waals surface area contributed by atoms with Crippen LogP contribution in [0.15, 0.2) is 34.8 Å². The Morgan fingerprint density at radius 2 is 1.97 bits per heavy atom. The Bertz CT molecular complexity index is 1330. The van der Waals surface area contributed by atoms with Gasteiger partial charge in [0.2, 0.25) is 0 Å². The summed E-state index contributed by atoms with van der Waals surface area (Å²) in [7, 11) is 3.67. The highest BCUT2D eigenvalue weighted by Gasteiger charge is 2.37. The van der Waals surface area contributed by atoms with Crippen molar-refractivity contribution in [3.63, 3.8) is 0 Å². The number of aromatic hydroxyl groups is 1. The van der Waals surface area contributed by atoms with Gasteiger partial charge in [-0.3, -0.25) is 0 Å². The number of ether oxygens (including phenoxy) is 1. The number of benzene rings is 2. The standard InChI is InChI=1S/C25H24BrF3N2O3S/c1-4-34-24(33)20-19-16(12-30(2)3)22(32)17(26)11-18(19)31(15-8-9-15)21(20)23(35)13-6-5-7-14(10-13)25(27,28)29/h5-7,10-11,15,32H,4,8-9,12H2,1-3H3. The van der Waals surface area contributed by atoms with Crippen molar-refractivity contribution in [1.29, 1.82) is 0 Å². The quantitative estimate of drug-likeness (QED) is 0.201. The Hall–Kier alpha value is -2.43. The van der Waals surface area contributed by atoms with Gasteiger partial charge in [0.25, 0.3) is 0 Å². The SMILES string of the molecule is CCOC(=O)c1c(C(=S)c2cccc(C(F)(F)F)c2)n(C2CC2)c2cc(Br)c(O)c(CN(C)C)c12. The summed E-state index contributed by atoms with van der Waals surface area (Å²) >= 11 is 9.17. The molecule has 186 valence electrons. The average molecular weight is 569 g/mol.